The van der Waals surface area contributed by atoms with Crippen LogP contribution in [-0.4, -0.2) is 29.0 Å². The van der Waals surface area contributed by atoms with Gasteiger partial charge >= 0.3 is 0 Å². The lowest BCUT2D eigenvalue weighted by Gasteiger charge is -2.14. The van der Waals surface area contributed by atoms with Crippen LogP contribution in [0.4, 0.5) is 5.95 Å². The Morgan fingerprint density at radius 2 is 2.43 bits per heavy atom. The van der Waals surface area contributed by atoms with Gasteiger partial charge in [-0.1, -0.05) is 5.11 Å². The maximum absolute atomic E-state index is 12.0. The number of anilines is 1. The predicted molar refractivity (Wildman–Crippen MR) is 74.2 cm³/mol. The number of furan rings is 1. The standard InChI is InChI=1S/C13H12N6O2/c14-18-16-7-9-6-12(20)19(8-9)13-15-4-3-10(17-13)11-2-1-5-21-11/h1-5,9H,6-8H2. The zero-order valence-corrected chi connectivity index (χ0v) is 11.1. The van der Waals surface area contributed by atoms with E-state index in [1.807, 2.05) is 0 Å². The average molecular weight is 284 g/mol. The number of rotatable bonds is 4. The Morgan fingerprint density at radius 1 is 1.52 bits per heavy atom. The Labute approximate surface area is 120 Å². The molecular formula is C13H12N6O2. The molecule has 0 spiro atoms. The van der Waals surface area contributed by atoms with E-state index >= 15 is 0 Å². The molecule has 1 unspecified atom stereocenters. The van der Waals surface area contributed by atoms with E-state index in [0.717, 1.165) is 0 Å². The molecule has 0 radical (unpaired) electrons. The van der Waals surface area contributed by atoms with E-state index in [4.69, 9.17) is 9.95 Å². The average Bonchev–Trinajstić information content (AvgIpc) is 3.15. The summed E-state index contributed by atoms with van der Waals surface area (Å²) in [7, 11) is 0. The minimum atomic E-state index is -0.0651. The van der Waals surface area contributed by atoms with Crippen molar-refractivity contribution < 1.29 is 9.21 Å². The minimum Gasteiger partial charge on any atom is -0.463 e. The fourth-order valence-corrected chi connectivity index (χ4v) is 2.29. The molecule has 2 aromatic rings. The van der Waals surface area contributed by atoms with Crippen molar-refractivity contribution in [1.82, 2.24) is 9.97 Å². The van der Waals surface area contributed by atoms with E-state index in [2.05, 4.69) is 20.0 Å². The summed E-state index contributed by atoms with van der Waals surface area (Å²) in [5, 5.41) is 3.52. The molecule has 0 saturated carbocycles. The molecule has 1 fully saturated rings. The van der Waals surface area contributed by atoms with Crippen LogP contribution < -0.4 is 4.90 Å². The van der Waals surface area contributed by atoms with E-state index in [-0.39, 0.29) is 11.8 Å². The van der Waals surface area contributed by atoms with Gasteiger partial charge in [0, 0.05) is 30.6 Å². The fraction of sp³-hybridized carbons (Fsp3) is 0.308. The van der Waals surface area contributed by atoms with Crippen molar-refractivity contribution in [3.05, 3.63) is 41.1 Å². The Balaban J connectivity index is 1.82. The summed E-state index contributed by atoms with van der Waals surface area (Å²) in [6.45, 7) is 0.760. The number of carbonyl (C=O) groups is 1. The third-order valence-corrected chi connectivity index (χ3v) is 3.27. The van der Waals surface area contributed by atoms with Crippen LogP contribution in [0.2, 0.25) is 0 Å². The first-order chi connectivity index (χ1) is 10.3. The van der Waals surface area contributed by atoms with Crippen LogP contribution >= 0.6 is 0 Å². The van der Waals surface area contributed by atoms with Crippen molar-refractivity contribution in [3.8, 4) is 11.5 Å². The monoisotopic (exact) mass is 284 g/mol. The van der Waals surface area contributed by atoms with Gasteiger partial charge in [-0.15, -0.1) is 0 Å². The summed E-state index contributed by atoms with van der Waals surface area (Å²) in [5.74, 6) is 0.905. The first-order valence-electron chi connectivity index (χ1n) is 6.46. The smallest absolute Gasteiger partial charge is 0.232 e. The van der Waals surface area contributed by atoms with Crippen LogP contribution in [0.5, 0.6) is 0 Å². The number of carbonyl (C=O) groups excluding carboxylic acids is 1. The normalized spacial score (nSPS) is 17.8. The summed E-state index contributed by atoms with van der Waals surface area (Å²) >= 11 is 0. The van der Waals surface area contributed by atoms with Crippen molar-refractivity contribution in [2.75, 3.05) is 18.0 Å². The summed E-state index contributed by atoms with van der Waals surface area (Å²) in [5.41, 5.74) is 8.96. The maximum Gasteiger partial charge on any atom is 0.232 e. The van der Waals surface area contributed by atoms with E-state index < -0.39 is 0 Å². The van der Waals surface area contributed by atoms with E-state index in [9.17, 15) is 4.79 Å². The number of amides is 1. The van der Waals surface area contributed by atoms with Gasteiger partial charge in [0.2, 0.25) is 11.9 Å². The molecule has 1 aliphatic heterocycles. The molecule has 1 saturated heterocycles. The van der Waals surface area contributed by atoms with Gasteiger partial charge in [0.15, 0.2) is 5.76 Å². The number of hydrogen-bond donors (Lipinski definition) is 0. The molecule has 8 nitrogen and oxygen atoms in total. The fourth-order valence-electron chi connectivity index (χ4n) is 2.29. The molecule has 8 heteroatoms. The van der Waals surface area contributed by atoms with Crippen LogP contribution in [0.3, 0.4) is 0 Å². The summed E-state index contributed by atoms with van der Waals surface area (Å²) in [6.07, 6.45) is 3.50. The van der Waals surface area contributed by atoms with Crippen LogP contribution in [0.25, 0.3) is 21.9 Å². The van der Waals surface area contributed by atoms with E-state index in [1.54, 1.807) is 30.7 Å². The van der Waals surface area contributed by atoms with Gasteiger partial charge < -0.3 is 4.42 Å². The second kappa shape index (κ2) is 5.64. The first kappa shape index (κ1) is 13.1. The minimum absolute atomic E-state index is 0.00395. The van der Waals surface area contributed by atoms with Crippen LogP contribution in [0.15, 0.2) is 40.2 Å². The second-order valence-electron chi connectivity index (χ2n) is 4.71. The largest absolute Gasteiger partial charge is 0.463 e. The molecule has 1 aliphatic rings. The topological polar surface area (TPSA) is 108 Å². The molecule has 0 bridgehead atoms. The van der Waals surface area contributed by atoms with Gasteiger partial charge in [0.1, 0.15) is 5.69 Å². The van der Waals surface area contributed by atoms with Crippen molar-refractivity contribution in [1.29, 1.82) is 0 Å². The molecule has 1 amide bonds. The highest BCUT2D eigenvalue weighted by atomic mass is 16.3. The van der Waals surface area contributed by atoms with Gasteiger partial charge in [0.25, 0.3) is 0 Å². The lowest BCUT2D eigenvalue weighted by Crippen LogP contribution is -2.26. The van der Waals surface area contributed by atoms with Crippen molar-refractivity contribution in [2.24, 2.45) is 11.0 Å². The van der Waals surface area contributed by atoms with Gasteiger partial charge in [-0.25, -0.2) is 9.97 Å². The van der Waals surface area contributed by atoms with Gasteiger partial charge in [-0.3, -0.25) is 9.69 Å². The van der Waals surface area contributed by atoms with Crippen LogP contribution in [-0.2, 0) is 4.79 Å². The van der Waals surface area contributed by atoms with Crippen LogP contribution in [0, 0.1) is 5.92 Å². The van der Waals surface area contributed by atoms with Gasteiger partial charge in [-0.2, -0.15) is 0 Å². The molecule has 1 atom stereocenters. The zero-order valence-electron chi connectivity index (χ0n) is 11.1. The Hall–Kier alpha value is -2.86. The Morgan fingerprint density at radius 3 is 3.19 bits per heavy atom. The molecule has 0 N–H and O–H groups in total. The SMILES string of the molecule is [N-]=[N+]=NCC1CC(=O)N(c2nccc(-c3ccco3)n2)C1. The quantitative estimate of drug-likeness (QED) is 0.487. The summed E-state index contributed by atoms with van der Waals surface area (Å²) in [6, 6.07) is 5.29. The number of azide groups is 1. The third-order valence-electron chi connectivity index (χ3n) is 3.27. The van der Waals surface area contributed by atoms with Crippen LogP contribution in [0.1, 0.15) is 6.42 Å². The number of hydrogen-bond acceptors (Lipinski definition) is 5. The van der Waals surface area contributed by atoms with Crippen molar-refractivity contribution >= 4 is 11.9 Å². The lowest BCUT2D eigenvalue weighted by molar-refractivity contribution is -0.117. The molecular weight excluding hydrogens is 272 g/mol. The molecule has 21 heavy (non-hydrogen) atoms. The maximum atomic E-state index is 12.0. The van der Waals surface area contributed by atoms with Gasteiger partial charge in [-0.05, 0) is 29.6 Å². The molecule has 3 rings (SSSR count). The molecule has 106 valence electrons. The molecule has 0 aliphatic carbocycles. The van der Waals surface area contributed by atoms with E-state index in [1.165, 1.54) is 4.90 Å². The predicted octanol–water partition coefficient (Wildman–Crippen LogP) is 2.40. The highest BCUT2D eigenvalue weighted by molar-refractivity contribution is 5.94. The first-order valence-corrected chi connectivity index (χ1v) is 6.46. The lowest BCUT2D eigenvalue weighted by atomic mass is 10.1. The second-order valence-corrected chi connectivity index (χ2v) is 4.71. The van der Waals surface area contributed by atoms with E-state index in [0.29, 0.717) is 36.9 Å². The molecule has 3 heterocycles. The Bertz CT molecular complexity index is 692. The van der Waals surface area contributed by atoms with Crippen molar-refractivity contribution in [3.63, 3.8) is 0 Å². The Kier molecular flexibility index (Phi) is 3.53. The number of nitrogens with zero attached hydrogens (tertiary/aromatic N) is 6. The van der Waals surface area contributed by atoms with Gasteiger partial charge in [0.05, 0.1) is 6.26 Å². The molecule has 0 aromatic carbocycles. The molecule has 2 aromatic heterocycles. The highest BCUT2D eigenvalue weighted by Crippen LogP contribution is 2.25. The summed E-state index contributed by atoms with van der Waals surface area (Å²) < 4.78 is 5.29. The number of aromatic nitrogens is 2. The highest BCUT2D eigenvalue weighted by Gasteiger charge is 2.31. The third kappa shape index (κ3) is 2.70. The zero-order chi connectivity index (χ0) is 14.7. The van der Waals surface area contributed by atoms with Crippen molar-refractivity contribution in [2.45, 2.75) is 6.42 Å². The summed E-state index contributed by atoms with van der Waals surface area (Å²) in [4.78, 5) is 24.8.